The Balaban J connectivity index is 1.54. The van der Waals surface area contributed by atoms with Gasteiger partial charge in [-0.2, -0.15) is 0 Å². The van der Waals surface area contributed by atoms with Crippen LogP contribution in [0.15, 0.2) is 12.4 Å². The van der Waals surface area contributed by atoms with E-state index in [2.05, 4.69) is 20.5 Å². The highest BCUT2D eigenvalue weighted by molar-refractivity contribution is 5.86. The van der Waals surface area contributed by atoms with Crippen molar-refractivity contribution in [3.8, 4) is 0 Å². The standard InChI is InChI=1S/C17H29N5O/c23-16(18-10-7-14-22-15-11-19-20-22)17(8-3-1-4-9-17)21-12-5-2-6-13-21/h11,15H,1-10,12-14H2,(H,18,23). The molecule has 6 heteroatoms. The number of aryl methyl sites for hydroxylation is 1. The maximum absolute atomic E-state index is 13.0. The number of aromatic nitrogens is 3. The molecule has 0 unspecified atom stereocenters. The molecule has 1 saturated heterocycles. The predicted octanol–water partition coefficient (Wildman–Crippen LogP) is 1.97. The number of hydrogen-bond donors (Lipinski definition) is 1. The first-order valence-corrected chi connectivity index (χ1v) is 9.19. The van der Waals surface area contributed by atoms with Crippen molar-refractivity contribution in [2.75, 3.05) is 19.6 Å². The molecular formula is C17H29N5O. The van der Waals surface area contributed by atoms with Crippen LogP contribution in [-0.2, 0) is 11.3 Å². The van der Waals surface area contributed by atoms with Crippen LogP contribution in [0.25, 0.3) is 0 Å². The lowest BCUT2D eigenvalue weighted by Gasteiger charge is -2.46. The summed E-state index contributed by atoms with van der Waals surface area (Å²) in [7, 11) is 0. The highest BCUT2D eigenvalue weighted by Gasteiger charge is 2.44. The van der Waals surface area contributed by atoms with Crippen LogP contribution in [0.1, 0.15) is 57.8 Å². The van der Waals surface area contributed by atoms with E-state index in [1.807, 2.05) is 10.9 Å². The van der Waals surface area contributed by atoms with E-state index < -0.39 is 0 Å². The van der Waals surface area contributed by atoms with E-state index in [0.29, 0.717) is 6.54 Å². The van der Waals surface area contributed by atoms with Gasteiger partial charge in [-0.3, -0.25) is 14.4 Å². The molecule has 1 aliphatic heterocycles. The fraction of sp³-hybridized carbons (Fsp3) is 0.824. The van der Waals surface area contributed by atoms with E-state index in [4.69, 9.17) is 0 Å². The summed E-state index contributed by atoms with van der Waals surface area (Å²) in [6, 6.07) is 0. The van der Waals surface area contributed by atoms with E-state index in [1.54, 1.807) is 6.20 Å². The Morgan fingerprint density at radius 1 is 1.09 bits per heavy atom. The van der Waals surface area contributed by atoms with Crippen LogP contribution in [0.3, 0.4) is 0 Å². The average molecular weight is 319 g/mol. The number of carbonyl (C=O) groups is 1. The second-order valence-corrected chi connectivity index (χ2v) is 6.92. The van der Waals surface area contributed by atoms with Gasteiger partial charge >= 0.3 is 0 Å². The van der Waals surface area contributed by atoms with E-state index in [1.165, 1.54) is 38.5 Å². The van der Waals surface area contributed by atoms with E-state index in [-0.39, 0.29) is 11.4 Å². The van der Waals surface area contributed by atoms with E-state index in [0.717, 1.165) is 38.9 Å². The summed E-state index contributed by atoms with van der Waals surface area (Å²) < 4.78 is 1.81. The van der Waals surface area contributed by atoms with Gasteiger partial charge in [0, 0.05) is 19.3 Å². The summed E-state index contributed by atoms with van der Waals surface area (Å²) >= 11 is 0. The van der Waals surface area contributed by atoms with Gasteiger partial charge in [-0.25, -0.2) is 0 Å². The maximum atomic E-state index is 13.0. The summed E-state index contributed by atoms with van der Waals surface area (Å²) in [5.74, 6) is 0.262. The molecule has 1 aliphatic carbocycles. The predicted molar refractivity (Wildman–Crippen MR) is 88.9 cm³/mol. The van der Waals surface area contributed by atoms with Crippen LogP contribution in [0.5, 0.6) is 0 Å². The van der Waals surface area contributed by atoms with Crippen LogP contribution in [0.2, 0.25) is 0 Å². The zero-order valence-electron chi connectivity index (χ0n) is 14.0. The first-order chi connectivity index (χ1) is 11.3. The van der Waals surface area contributed by atoms with Crippen LogP contribution in [-0.4, -0.2) is 51.0 Å². The lowest BCUT2D eigenvalue weighted by molar-refractivity contribution is -0.137. The minimum Gasteiger partial charge on any atom is -0.354 e. The molecule has 6 nitrogen and oxygen atoms in total. The van der Waals surface area contributed by atoms with Crippen LogP contribution >= 0.6 is 0 Å². The smallest absolute Gasteiger partial charge is 0.240 e. The number of piperidine rings is 1. The first kappa shape index (κ1) is 16.4. The molecule has 1 saturated carbocycles. The maximum Gasteiger partial charge on any atom is 0.240 e. The van der Waals surface area contributed by atoms with Crippen molar-refractivity contribution >= 4 is 5.91 Å². The van der Waals surface area contributed by atoms with Crippen molar-refractivity contribution in [2.45, 2.75) is 69.9 Å². The summed E-state index contributed by atoms with van der Waals surface area (Å²) in [4.78, 5) is 15.5. The molecule has 2 fully saturated rings. The van der Waals surface area contributed by atoms with Crippen molar-refractivity contribution in [3.63, 3.8) is 0 Å². The highest BCUT2D eigenvalue weighted by atomic mass is 16.2. The molecule has 1 N–H and O–H groups in total. The largest absolute Gasteiger partial charge is 0.354 e. The number of hydrogen-bond acceptors (Lipinski definition) is 4. The number of amides is 1. The Hall–Kier alpha value is -1.43. The lowest BCUT2D eigenvalue weighted by atomic mass is 9.78. The third kappa shape index (κ3) is 3.91. The van der Waals surface area contributed by atoms with Gasteiger partial charge < -0.3 is 5.32 Å². The molecule has 0 atom stereocenters. The van der Waals surface area contributed by atoms with Crippen molar-refractivity contribution in [3.05, 3.63) is 12.4 Å². The molecule has 1 aromatic heterocycles. The molecule has 0 spiro atoms. The second kappa shape index (κ2) is 7.90. The van der Waals surface area contributed by atoms with Gasteiger partial charge in [0.15, 0.2) is 0 Å². The normalized spacial score (nSPS) is 21.9. The molecule has 1 aromatic rings. The Morgan fingerprint density at radius 3 is 2.52 bits per heavy atom. The van der Waals surface area contributed by atoms with E-state index >= 15 is 0 Å². The first-order valence-electron chi connectivity index (χ1n) is 9.19. The summed E-state index contributed by atoms with van der Waals surface area (Å²) in [5.41, 5.74) is -0.230. The van der Waals surface area contributed by atoms with E-state index in [9.17, 15) is 4.79 Å². The fourth-order valence-corrected chi connectivity index (χ4v) is 4.10. The molecular weight excluding hydrogens is 290 g/mol. The summed E-state index contributed by atoms with van der Waals surface area (Å²) in [6.45, 7) is 3.70. The van der Waals surface area contributed by atoms with Crippen molar-refractivity contribution in [2.24, 2.45) is 0 Å². The summed E-state index contributed by atoms with van der Waals surface area (Å²) in [5, 5.41) is 11.0. The van der Waals surface area contributed by atoms with Gasteiger partial charge in [0.05, 0.1) is 6.20 Å². The average Bonchev–Trinajstić information content (AvgIpc) is 3.13. The van der Waals surface area contributed by atoms with Gasteiger partial charge in [-0.15, -0.1) is 5.10 Å². The lowest BCUT2D eigenvalue weighted by Crippen LogP contribution is -2.61. The minimum atomic E-state index is -0.230. The van der Waals surface area contributed by atoms with Gasteiger partial charge in [0.1, 0.15) is 5.54 Å². The van der Waals surface area contributed by atoms with Crippen molar-refractivity contribution < 1.29 is 4.79 Å². The second-order valence-electron chi connectivity index (χ2n) is 6.92. The SMILES string of the molecule is O=C(NCCCn1ccnn1)C1(N2CCCCC2)CCCCC1. The zero-order chi connectivity index (χ0) is 16.0. The third-order valence-corrected chi connectivity index (χ3v) is 5.39. The Morgan fingerprint density at radius 2 is 1.83 bits per heavy atom. The molecule has 1 amide bonds. The molecule has 0 bridgehead atoms. The Bertz CT molecular complexity index is 475. The van der Waals surface area contributed by atoms with Crippen LogP contribution in [0, 0.1) is 0 Å². The minimum absolute atomic E-state index is 0.230. The summed E-state index contributed by atoms with van der Waals surface area (Å²) in [6.07, 6.45) is 13.9. The van der Waals surface area contributed by atoms with Crippen molar-refractivity contribution in [1.29, 1.82) is 0 Å². The molecule has 2 heterocycles. The third-order valence-electron chi connectivity index (χ3n) is 5.39. The quantitative estimate of drug-likeness (QED) is 0.814. The van der Waals surface area contributed by atoms with Gasteiger partial charge in [0.2, 0.25) is 5.91 Å². The van der Waals surface area contributed by atoms with Crippen LogP contribution in [0.4, 0.5) is 0 Å². The zero-order valence-corrected chi connectivity index (χ0v) is 14.0. The van der Waals surface area contributed by atoms with Gasteiger partial charge in [-0.1, -0.05) is 30.9 Å². The number of carbonyl (C=O) groups excluding carboxylic acids is 1. The Kier molecular flexibility index (Phi) is 5.65. The molecule has 3 rings (SSSR count). The topological polar surface area (TPSA) is 63.1 Å². The molecule has 23 heavy (non-hydrogen) atoms. The fourth-order valence-electron chi connectivity index (χ4n) is 4.10. The van der Waals surface area contributed by atoms with Crippen LogP contribution < -0.4 is 5.32 Å². The number of nitrogens with one attached hydrogen (secondary N) is 1. The number of rotatable bonds is 6. The molecule has 128 valence electrons. The molecule has 0 aromatic carbocycles. The molecule has 0 radical (unpaired) electrons. The Labute approximate surface area is 138 Å². The van der Waals surface area contributed by atoms with Crippen molar-refractivity contribution in [1.82, 2.24) is 25.2 Å². The molecule has 2 aliphatic rings. The monoisotopic (exact) mass is 319 g/mol. The number of nitrogens with zero attached hydrogens (tertiary/aromatic N) is 4. The van der Waals surface area contributed by atoms with Gasteiger partial charge in [0.25, 0.3) is 0 Å². The van der Waals surface area contributed by atoms with Gasteiger partial charge in [-0.05, 0) is 45.2 Å². The highest BCUT2D eigenvalue weighted by Crippen LogP contribution is 2.35. The number of likely N-dealkylation sites (tertiary alicyclic amines) is 1.